The van der Waals surface area contributed by atoms with Gasteiger partial charge in [0.05, 0.1) is 5.69 Å². The molecule has 0 radical (unpaired) electrons. The molecular formula is C29H22ClFN6O3. The summed E-state index contributed by atoms with van der Waals surface area (Å²) in [6.45, 7) is 1.46. The van der Waals surface area contributed by atoms with Crippen molar-refractivity contribution in [2.75, 3.05) is 5.32 Å². The lowest BCUT2D eigenvalue weighted by molar-refractivity contribution is -0.614. The van der Waals surface area contributed by atoms with E-state index in [2.05, 4.69) is 20.8 Å². The fourth-order valence-electron chi connectivity index (χ4n) is 4.34. The monoisotopic (exact) mass is 556 g/mol. The molecule has 9 nitrogen and oxygen atoms in total. The van der Waals surface area contributed by atoms with Crippen LogP contribution >= 0.6 is 11.6 Å². The summed E-state index contributed by atoms with van der Waals surface area (Å²) in [5.74, 6) is -1.85. The molecule has 1 amide bonds. The van der Waals surface area contributed by atoms with Crippen molar-refractivity contribution in [2.24, 2.45) is 0 Å². The van der Waals surface area contributed by atoms with Crippen LogP contribution in [0.4, 0.5) is 10.1 Å². The van der Waals surface area contributed by atoms with Crippen LogP contribution in [-0.2, 0) is 11.2 Å². The summed E-state index contributed by atoms with van der Waals surface area (Å²) in [6, 6.07) is 20.7. The first kappa shape index (κ1) is 26.6. The van der Waals surface area contributed by atoms with Crippen LogP contribution in [-0.4, -0.2) is 31.9 Å². The Labute approximate surface area is 233 Å². The number of tetrazole rings is 1. The van der Waals surface area contributed by atoms with Gasteiger partial charge in [-0.25, -0.2) is 4.39 Å². The molecule has 0 fully saturated rings. The molecule has 0 aliphatic heterocycles. The summed E-state index contributed by atoms with van der Waals surface area (Å²) in [5.41, 5.74) is 3.60. The number of hydrogen-bond donors (Lipinski definition) is 1. The average molecular weight is 557 g/mol. The third kappa shape index (κ3) is 5.87. The minimum atomic E-state index is -0.914. The van der Waals surface area contributed by atoms with Gasteiger partial charge in [-0.05, 0) is 90.0 Å². The molecule has 0 unspecified atom stereocenters. The molecule has 40 heavy (non-hydrogen) atoms. The van der Waals surface area contributed by atoms with Crippen LogP contribution in [0.25, 0.3) is 16.8 Å². The third-order valence-corrected chi connectivity index (χ3v) is 6.63. The second kappa shape index (κ2) is 11.4. The number of aromatic nitrogens is 5. The van der Waals surface area contributed by atoms with E-state index < -0.39 is 17.6 Å². The Morgan fingerprint density at radius 2 is 1.80 bits per heavy atom. The van der Waals surface area contributed by atoms with Crippen molar-refractivity contribution >= 4 is 29.0 Å². The summed E-state index contributed by atoms with van der Waals surface area (Å²) in [5, 5.41) is 28.0. The zero-order valence-electron chi connectivity index (χ0n) is 21.2. The Kier molecular flexibility index (Phi) is 7.61. The lowest BCUT2D eigenvalue weighted by atomic mass is 9.93. The first-order valence-corrected chi connectivity index (χ1v) is 12.6. The van der Waals surface area contributed by atoms with Crippen molar-refractivity contribution in [3.05, 3.63) is 124 Å². The number of halogens is 2. The Morgan fingerprint density at radius 1 is 1.05 bits per heavy atom. The number of anilines is 1. The van der Waals surface area contributed by atoms with E-state index in [-0.39, 0.29) is 17.9 Å². The first-order chi connectivity index (χ1) is 19.3. The summed E-state index contributed by atoms with van der Waals surface area (Å²) < 4.78 is 15.6. The molecule has 2 aromatic heterocycles. The quantitative estimate of drug-likeness (QED) is 0.165. The molecule has 0 saturated carbocycles. The van der Waals surface area contributed by atoms with E-state index in [1.165, 1.54) is 36.3 Å². The lowest BCUT2D eigenvalue weighted by Crippen LogP contribution is -2.38. The number of ketones is 1. The number of nitrogens with zero attached hydrogens (tertiary/aromatic N) is 5. The van der Waals surface area contributed by atoms with Gasteiger partial charge in [0.2, 0.25) is 11.6 Å². The smallest absolute Gasteiger partial charge is 0.238 e. The van der Waals surface area contributed by atoms with Crippen LogP contribution in [0.2, 0.25) is 5.02 Å². The van der Waals surface area contributed by atoms with Crippen LogP contribution in [0.3, 0.4) is 0 Å². The maximum Gasteiger partial charge on any atom is 0.238 e. The number of Topliss-reactive ketones (excluding diaryl/α,β-unsaturated/α-hetero) is 1. The predicted octanol–water partition coefficient (Wildman–Crippen LogP) is 4.92. The minimum absolute atomic E-state index is 0.0949. The van der Waals surface area contributed by atoms with E-state index in [9.17, 15) is 19.2 Å². The lowest BCUT2D eigenvalue weighted by Gasteiger charge is -2.18. The summed E-state index contributed by atoms with van der Waals surface area (Å²) in [7, 11) is 0. The molecule has 5 rings (SSSR count). The molecule has 2 heterocycles. The van der Waals surface area contributed by atoms with Crippen molar-refractivity contribution < 1.29 is 18.7 Å². The van der Waals surface area contributed by atoms with Gasteiger partial charge in [0, 0.05) is 33.5 Å². The number of carbonyl (C=O) groups is 2. The topological polar surface area (TPSA) is 117 Å². The Morgan fingerprint density at radius 3 is 2.45 bits per heavy atom. The normalized spacial score (nSPS) is 11.7. The number of nitrogens with one attached hydrogen (secondary N) is 1. The number of pyridine rings is 1. The zero-order valence-corrected chi connectivity index (χ0v) is 21.9. The van der Waals surface area contributed by atoms with Crippen molar-refractivity contribution in [1.82, 2.24) is 20.2 Å². The van der Waals surface area contributed by atoms with E-state index in [0.717, 1.165) is 0 Å². The van der Waals surface area contributed by atoms with Crippen LogP contribution in [0.5, 0.6) is 0 Å². The van der Waals surface area contributed by atoms with Crippen LogP contribution < -0.4 is 10.0 Å². The van der Waals surface area contributed by atoms with E-state index in [1.807, 2.05) is 0 Å². The van der Waals surface area contributed by atoms with Crippen molar-refractivity contribution in [1.29, 1.82) is 0 Å². The zero-order chi connectivity index (χ0) is 28.2. The molecule has 0 bridgehead atoms. The molecule has 0 saturated heterocycles. The van der Waals surface area contributed by atoms with E-state index in [1.54, 1.807) is 66.7 Å². The summed E-state index contributed by atoms with van der Waals surface area (Å²) >= 11 is 6.25. The number of rotatable bonds is 8. The second-order valence-corrected chi connectivity index (χ2v) is 9.53. The maximum absolute atomic E-state index is 13.5. The van der Waals surface area contributed by atoms with Crippen molar-refractivity contribution in [2.45, 2.75) is 19.3 Å². The van der Waals surface area contributed by atoms with Gasteiger partial charge in [0.15, 0.2) is 12.0 Å². The van der Waals surface area contributed by atoms with Gasteiger partial charge >= 0.3 is 0 Å². The van der Waals surface area contributed by atoms with Gasteiger partial charge in [-0.15, -0.1) is 5.10 Å². The third-order valence-electron chi connectivity index (χ3n) is 6.40. The van der Waals surface area contributed by atoms with E-state index >= 15 is 0 Å². The molecule has 11 heteroatoms. The molecule has 1 N–H and O–H groups in total. The molecule has 0 aliphatic carbocycles. The number of hydrogen-bond acceptors (Lipinski definition) is 6. The van der Waals surface area contributed by atoms with E-state index in [0.29, 0.717) is 43.4 Å². The number of benzene rings is 3. The van der Waals surface area contributed by atoms with E-state index in [4.69, 9.17) is 11.6 Å². The fraction of sp³-hybridized carbons (Fsp3) is 0.103. The highest BCUT2D eigenvalue weighted by atomic mass is 35.5. The average Bonchev–Trinajstić information content (AvgIpc) is 3.48. The second-order valence-electron chi connectivity index (χ2n) is 9.09. The highest BCUT2D eigenvalue weighted by Crippen LogP contribution is 2.30. The largest absolute Gasteiger partial charge is 0.618 e. The van der Waals surface area contributed by atoms with Gasteiger partial charge in [0.25, 0.3) is 0 Å². The highest BCUT2D eigenvalue weighted by Gasteiger charge is 2.29. The Balaban J connectivity index is 1.50. The van der Waals surface area contributed by atoms with Gasteiger partial charge < -0.3 is 10.5 Å². The Bertz CT molecular complexity index is 1680. The van der Waals surface area contributed by atoms with Crippen LogP contribution in [0.15, 0.2) is 91.4 Å². The first-order valence-electron chi connectivity index (χ1n) is 12.2. The molecule has 0 aliphatic rings. The standard InChI is InChI=1S/C29H22ClFN6O3/c1-18(38)20-4-10-24(11-5-20)33-29(39)26(14-19-2-8-23(31)9-3-19)28-12-6-21(16-37(28)40)25-15-22(30)7-13-27(25)36-17-32-34-35-36/h2-13,15-17,26H,14H2,1H3,(H,33,39)/t26-/m1/s1. The van der Waals surface area contributed by atoms with Crippen LogP contribution in [0.1, 0.15) is 34.5 Å². The molecule has 200 valence electrons. The van der Waals surface area contributed by atoms with Crippen LogP contribution in [0, 0.1) is 11.0 Å². The summed E-state index contributed by atoms with van der Waals surface area (Å²) in [4.78, 5) is 25.1. The highest BCUT2D eigenvalue weighted by molar-refractivity contribution is 6.31. The number of carbonyl (C=O) groups excluding carboxylic acids is 2. The maximum atomic E-state index is 13.5. The van der Waals surface area contributed by atoms with Crippen molar-refractivity contribution in [3.63, 3.8) is 0 Å². The number of amides is 1. The predicted molar refractivity (Wildman–Crippen MR) is 146 cm³/mol. The van der Waals surface area contributed by atoms with Gasteiger partial charge in [-0.3, -0.25) is 9.59 Å². The van der Waals surface area contributed by atoms with Gasteiger partial charge in [0.1, 0.15) is 18.1 Å². The molecule has 3 aromatic carbocycles. The summed E-state index contributed by atoms with van der Waals surface area (Å²) in [6.07, 6.45) is 2.94. The molecule has 1 atom stereocenters. The minimum Gasteiger partial charge on any atom is -0.618 e. The molecule has 5 aromatic rings. The van der Waals surface area contributed by atoms with Crippen molar-refractivity contribution in [3.8, 4) is 16.8 Å². The molecule has 0 spiro atoms. The van der Waals surface area contributed by atoms with Gasteiger partial charge in [-0.1, -0.05) is 23.7 Å². The Hall–Kier alpha value is -4.96. The molecular weight excluding hydrogens is 535 g/mol. The SMILES string of the molecule is CC(=O)c1ccc(NC(=O)[C@H](Cc2ccc(F)cc2)c2ccc(-c3cc(Cl)ccc3-n3cnnn3)c[n+]2[O-])cc1. The van der Waals surface area contributed by atoms with Gasteiger partial charge in [-0.2, -0.15) is 9.41 Å². The fourth-order valence-corrected chi connectivity index (χ4v) is 4.51.